The van der Waals surface area contributed by atoms with Gasteiger partial charge in [-0.1, -0.05) is 10.3 Å². The number of hydrogen-bond donors (Lipinski definition) is 1. The molecule has 1 rings (SSSR count). The Kier molecular flexibility index (Phi) is 2.85. The van der Waals surface area contributed by atoms with Crippen molar-refractivity contribution >= 4 is 11.7 Å². The topological polar surface area (TPSA) is 84.9 Å². The summed E-state index contributed by atoms with van der Waals surface area (Å²) in [6, 6.07) is 0. The average Bonchev–Trinajstić information content (AvgIpc) is 2.58. The van der Waals surface area contributed by atoms with Gasteiger partial charge < -0.3 is 14.5 Å². The van der Waals surface area contributed by atoms with E-state index in [0.717, 1.165) is 0 Å². The van der Waals surface area contributed by atoms with E-state index in [1.165, 1.54) is 14.0 Å². The van der Waals surface area contributed by atoms with Gasteiger partial charge in [0.15, 0.2) is 0 Å². The molecule has 0 spiro atoms. The second-order valence-electron chi connectivity index (χ2n) is 2.64. The van der Waals surface area contributed by atoms with Gasteiger partial charge in [-0.25, -0.2) is 4.79 Å². The van der Waals surface area contributed by atoms with Crippen molar-refractivity contribution < 1.29 is 19.3 Å². The van der Waals surface area contributed by atoms with Crippen molar-refractivity contribution in [3.8, 4) is 0 Å². The molecule has 1 heterocycles. The maximum absolute atomic E-state index is 11.2. The van der Waals surface area contributed by atoms with Gasteiger partial charge in [0.25, 0.3) is 0 Å². The molecule has 6 nitrogen and oxygen atoms in total. The summed E-state index contributed by atoms with van der Waals surface area (Å²) in [4.78, 5) is 11.2. The Morgan fingerprint density at radius 3 is 2.79 bits per heavy atom. The summed E-state index contributed by atoms with van der Waals surface area (Å²) in [5.41, 5.74) is 0.629. The van der Waals surface area contributed by atoms with Gasteiger partial charge in [-0.05, 0) is 13.8 Å². The van der Waals surface area contributed by atoms with E-state index in [1.807, 2.05) is 0 Å². The quantitative estimate of drug-likeness (QED) is 0.331. The number of aryl methyl sites for hydroxylation is 1. The van der Waals surface area contributed by atoms with Crippen molar-refractivity contribution in [2.24, 2.45) is 5.16 Å². The van der Waals surface area contributed by atoms with Crippen LogP contribution in [0.2, 0.25) is 0 Å². The zero-order chi connectivity index (χ0) is 10.7. The number of oxime groups is 1. The normalized spacial score (nSPS) is 11.5. The Morgan fingerprint density at radius 1 is 1.64 bits per heavy atom. The molecule has 1 N–H and O–H groups in total. The zero-order valence-electron chi connectivity index (χ0n) is 8.07. The summed E-state index contributed by atoms with van der Waals surface area (Å²) < 4.78 is 9.29. The number of nitrogens with zero attached hydrogens (tertiary/aromatic N) is 2. The van der Waals surface area contributed by atoms with Gasteiger partial charge in [0.1, 0.15) is 5.76 Å². The molecule has 0 radical (unpaired) electrons. The summed E-state index contributed by atoms with van der Waals surface area (Å²) >= 11 is 0. The first-order valence-electron chi connectivity index (χ1n) is 3.85. The molecule has 0 fully saturated rings. The van der Waals surface area contributed by atoms with Crippen LogP contribution in [0.3, 0.4) is 0 Å². The fourth-order valence-corrected chi connectivity index (χ4v) is 1.08. The molecule has 0 amide bonds. The van der Waals surface area contributed by atoms with E-state index >= 15 is 0 Å². The third-order valence-corrected chi connectivity index (χ3v) is 1.75. The van der Waals surface area contributed by atoms with Crippen LogP contribution in [0.25, 0.3) is 0 Å². The predicted molar refractivity (Wildman–Crippen MR) is 46.6 cm³/mol. The van der Waals surface area contributed by atoms with Crippen molar-refractivity contribution in [2.75, 3.05) is 7.11 Å². The summed E-state index contributed by atoms with van der Waals surface area (Å²) in [7, 11) is 1.24. The van der Waals surface area contributed by atoms with E-state index < -0.39 is 5.97 Å². The number of hydrogen-bond acceptors (Lipinski definition) is 6. The van der Waals surface area contributed by atoms with Gasteiger partial charge in [0.2, 0.25) is 5.69 Å². The molecule has 0 saturated heterocycles. The van der Waals surface area contributed by atoms with Crippen LogP contribution in [0, 0.1) is 6.92 Å². The molecule has 1 aromatic rings. The minimum Gasteiger partial charge on any atom is -0.464 e. The Bertz CT molecular complexity index is 381. The minimum absolute atomic E-state index is 0.0142. The molecule has 14 heavy (non-hydrogen) atoms. The van der Waals surface area contributed by atoms with E-state index in [0.29, 0.717) is 11.3 Å². The first-order chi connectivity index (χ1) is 6.61. The van der Waals surface area contributed by atoms with Gasteiger partial charge in [-0.15, -0.1) is 0 Å². The molecule has 0 atom stereocenters. The Morgan fingerprint density at radius 2 is 2.29 bits per heavy atom. The standard InChI is InChI=1S/C8H10N2O4/c1-4(9-12)6-5(2)14-10-7(6)8(11)13-3/h12H,1-3H3/b9-4+. The van der Waals surface area contributed by atoms with Crippen LogP contribution in [-0.2, 0) is 4.74 Å². The van der Waals surface area contributed by atoms with E-state index in [2.05, 4.69) is 15.0 Å². The largest absolute Gasteiger partial charge is 0.464 e. The lowest BCUT2D eigenvalue weighted by Crippen LogP contribution is -2.08. The molecule has 0 aliphatic heterocycles. The highest BCUT2D eigenvalue weighted by molar-refractivity contribution is 6.07. The van der Waals surface area contributed by atoms with Crippen LogP contribution >= 0.6 is 0 Å². The summed E-state index contributed by atoms with van der Waals surface area (Å²) in [5.74, 6) is -0.222. The van der Waals surface area contributed by atoms with Crippen molar-refractivity contribution in [3.05, 3.63) is 17.0 Å². The van der Waals surface area contributed by atoms with Gasteiger partial charge in [-0.2, -0.15) is 0 Å². The van der Waals surface area contributed by atoms with Crippen LogP contribution in [0.1, 0.15) is 28.7 Å². The molecule has 0 aliphatic carbocycles. The molecule has 0 aliphatic rings. The average molecular weight is 198 g/mol. The lowest BCUT2D eigenvalue weighted by molar-refractivity contribution is 0.0589. The lowest BCUT2D eigenvalue weighted by atomic mass is 10.1. The van der Waals surface area contributed by atoms with Crippen LogP contribution in [0.15, 0.2) is 9.68 Å². The van der Waals surface area contributed by atoms with Crippen molar-refractivity contribution in [2.45, 2.75) is 13.8 Å². The molecule has 76 valence electrons. The lowest BCUT2D eigenvalue weighted by Gasteiger charge is -1.97. The highest BCUT2D eigenvalue weighted by Gasteiger charge is 2.22. The second-order valence-corrected chi connectivity index (χ2v) is 2.64. The van der Waals surface area contributed by atoms with E-state index in [4.69, 9.17) is 9.73 Å². The second kappa shape index (κ2) is 3.91. The SMILES string of the molecule is COC(=O)c1noc(C)c1/C(C)=N/O. The van der Waals surface area contributed by atoms with Gasteiger partial charge in [0, 0.05) is 0 Å². The fourth-order valence-electron chi connectivity index (χ4n) is 1.08. The Hall–Kier alpha value is -1.85. The monoisotopic (exact) mass is 198 g/mol. The molecule has 1 aromatic heterocycles. The maximum atomic E-state index is 11.2. The van der Waals surface area contributed by atoms with Gasteiger partial charge >= 0.3 is 5.97 Å². The minimum atomic E-state index is -0.625. The van der Waals surface area contributed by atoms with E-state index in [1.54, 1.807) is 6.92 Å². The summed E-state index contributed by atoms with van der Waals surface area (Å²) in [6.45, 7) is 3.15. The highest BCUT2D eigenvalue weighted by Crippen LogP contribution is 2.15. The third-order valence-electron chi connectivity index (χ3n) is 1.75. The summed E-state index contributed by atoms with van der Waals surface area (Å²) in [5, 5.41) is 15.1. The number of aromatic nitrogens is 1. The first kappa shape index (κ1) is 10.2. The molecule has 0 unspecified atom stereocenters. The Labute approximate surface area is 80.1 Å². The Balaban J connectivity index is 3.26. The number of methoxy groups -OCH3 is 1. The molecule has 6 heteroatoms. The molecular weight excluding hydrogens is 188 g/mol. The van der Waals surface area contributed by atoms with Crippen LogP contribution in [0.5, 0.6) is 0 Å². The fraction of sp³-hybridized carbons (Fsp3) is 0.375. The maximum Gasteiger partial charge on any atom is 0.360 e. The first-order valence-corrected chi connectivity index (χ1v) is 3.85. The number of ether oxygens (including phenoxy) is 1. The molecule has 0 saturated carbocycles. The molecule has 0 aromatic carbocycles. The number of esters is 1. The van der Waals surface area contributed by atoms with E-state index in [9.17, 15) is 4.79 Å². The van der Waals surface area contributed by atoms with E-state index in [-0.39, 0.29) is 11.4 Å². The van der Waals surface area contributed by atoms with Crippen molar-refractivity contribution in [1.82, 2.24) is 5.16 Å². The number of carbonyl (C=O) groups is 1. The highest BCUT2D eigenvalue weighted by atomic mass is 16.5. The summed E-state index contributed by atoms with van der Waals surface area (Å²) in [6.07, 6.45) is 0. The zero-order valence-corrected chi connectivity index (χ0v) is 8.07. The van der Waals surface area contributed by atoms with Crippen LogP contribution < -0.4 is 0 Å². The van der Waals surface area contributed by atoms with Crippen LogP contribution in [-0.4, -0.2) is 29.2 Å². The molecular formula is C8H10N2O4. The van der Waals surface area contributed by atoms with Gasteiger partial charge in [0.05, 0.1) is 18.4 Å². The van der Waals surface area contributed by atoms with Crippen LogP contribution in [0.4, 0.5) is 0 Å². The van der Waals surface area contributed by atoms with Gasteiger partial charge in [-0.3, -0.25) is 0 Å². The van der Waals surface area contributed by atoms with Crippen molar-refractivity contribution in [3.63, 3.8) is 0 Å². The van der Waals surface area contributed by atoms with Crippen molar-refractivity contribution in [1.29, 1.82) is 0 Å². The number of rotatable bonds is 2. The third kappa shape index (κ3) is 1.59. The predicted octanol–water partition coefficient (Wildman–Crippen LogP) is 0.968. The molecule has 0 bridgehead atoms. The number of carbonyl (C=O) groups excluding carboxylic acids is 1. The smallest absolute Gasteiger partial charge is 0.360 e.